The Bertz CT molecular complexity index is 207. The standard InChI is InChI=1S/C16H34N2/c1-5-14-6-8-16(9-7-14)18(4)12-15(11-17)10-13(2)3/h13-16H,5-12,17H2,1-4H3. The molecule has 0 aromatic heterocycles. The number of nitrogens with two attached hydrogens (primary N) is 1. The molecule has 1 unspecified atom stereocenters. The van der Waals surface area contributed by atoms with Crippen molar-refractivity contribution in [2.75, 3.05) is 20.1 Å². The fourth-order valence-electron chi connectivity index (χ4n) is 3.46. The second-order valence-electron chi connectivity index (χ2n) is 6.75. The first-order valence-corrected chi connectivity index (χ1v) is 7.97. The van der Waals surface area contributed by atoms with Crippen molar-refractivity contribution in [2.24, 2.45) is 23.5 Å². The summed E-state index contributed by atoms with van der Waals surface area (Å²) in [7, 11) is 2.31. The summed E-state index contributed by atoms with van der Waals surface area (Å²) in [4.78, 5) is 2.59. The predicted molar refractivity (Wildman–Crippen MR) is 80.7 cm³/mol. The zero-order valence-corrected chi connectivity index (χ0v) is 13.0. The zero-order valence-electron chi connectivity index (χ0n) is 13.0. The topological polar surface area (TPSA) is 29.3 Å². The molecule has 1 aliphatic rings. The van der Waals surface area contributed by atoms with Gasteiger partial charge in [0.25, 0.3) is 0 Å². The van der Waals surface area contributed by atoms with Gasteiger partial charge >= 0.3 is 0 Å². The molecule has 1 atom stereocenters. The van der Waals surface area contributed by atoms with Gasteiger partial charge in [-0.1, -0.05) is 27.2 Å². The molecular formula is C16H34N2. The SMILES string of the molecule is CCC1CCC(N(C)CC(CN)CC(C)C)CC1. The van der Waals surface area contributed by atoms with Crippen LogP contribution >= 0.6 is 0 Å². The number of hydrogen-bond acceptors (Lipinski definition) is 2. The summed E-state index contributed by atoms with van der Waals surface area (Å²) in [5, 5.41) is 0. The molecule has 2 N–H and O–H groups in total. The summed E-state index contributed by atoms with van der Waals surface area (Å²) in [5.41, 5.74) is 5.92. The van der Waals surface area contributed by atoms with E-state index in [1.54, 1.807) is 0 Å². The molecule has 0 heterocycles. The van der Waals surface area contributed by atoms with E-state index in [2.05, 4.69) is 32.7 Å². The Hall–Kier alpha value is -0.0800. The molecule has 0 bridgehead atoms. The molecule has 1 fully saturated rings. The second-order valence-corrected chi connectivity index (χ2v) is 6.75. The van der Waals surface area contributed by atoms with Gasteiger partial charge in [0.05, 0.1) is 0 Å². The number of hydrogen-bond donors (Lipinski definition) is 1. The van der Waals surface area contributed by atoms with Crippen molar-refractivity contribution in [1.82, 2.24) is 4.90 Å². The Morgan fingerprint density at radius 3 is 2.22 bits per heavy atom. The third-order valence-electron chi connectivity index (χ3n) is 4.70. The highest BCUT2D eigenvalue weighted by Gasteiger charge is 2.24. The second kappa shape index (κ2) is 8.16. The van der Waals surface area contributed by atoms with Crippen LogP contribution in [0.15, 0.2) is 0 Å². The lowest BCUT2D eigenvalue weighted by Crippen LogP contribution is -2.40. The van der Waals surface area contributed by atoms with Crippen LogP contribution in [-0.2, 0) is 0 Å². The molecule has 0 saturated heterocycles. The molecule has 2 heteroatoms. The van der Waals surface area contributed by atoms with Gasteiger partial charge in [0, 0.05) is 12.6 Å². The molecule has 0 aromatic rings. The fourth-order valence-corrected chi connectivity index (χ4v) is 3.46. The lowest BCUT2D eigenvalue weighted by molar-refractivity contribution is 0.140. The van der Waals surface area contributed by atoms with E-state index in [1.165, 1.54) is 45.1 Å². The van der Waals surface area contributed by atoms with Crippen LogP contribution in [0.5, 0.6) is 0 Å². The normalized spacial score (nSPS) is 26.8. The maximum atomic E-state index is 5.92. The minimum Gasteiger partial charge on any atom is -0.330 e. The van der Waals surface area contributed by atoms with Crippen molar-refractivity contribution >= 4 is 0 Å². The summed E-state index contributed by atoms with van der Waals surface area (Å²) in [6.07, 6.45) is 8.30. The predicted octanol–water partition coefficient (Wildman–Crippen LogP) is 3.51. The van der Waals surface area contributed by atoms with Crippen LogP contribution in [0.2, 0.25) is 0 Å². The molecule has 108 valence electrons. The summed E-state index contributed by atoms with van der Waals surface area (Å²) >= 11 is 0. The van der Waals surface area contributed by atoms with Gasteiger partial charge in [-0.2, -0.15) is 0 Å². The highest BCUT2D eigenvalue weighted by Crippen LogP contribution is 2.29. The Kier molecular flexibility index (Phi) is 7.25. The van der Waals surface area contributed by atoms with Gasteiger partial charge in [-0.3, -0.25) is 0 Å². The van der Waals surface area contributed by atoms with E-state index in [0.29, 0.717) is 5.92 Å². The number of nitrogens with zero attached hydrogens (tertiary/aromatic N) is 1. The van der Waals surface area contributed by atoms with Crippen molar-refractivity contribution in [3.8, 4) is 0 Å². The summed E-state index contributed by atoms with van der Waals surface area (Å²) < 4.78 is 0. The molecule has 1 rings (SSSR count). The van der Waals surface area contributed by atoms with Gasteiger partial charge in [-0.25, -0.2) is 0 Å². The van der Waals surface area contributed by atoms with Gasteiger partial charge < -0.3 is 10.6 Å². The van der Waals surface area contributed by atoms with Gasteiger partial charge in [-0.15, -0.1) is 0 Å². The quantitative estimate of drug-likeness (QED) is 0.753. The fraction of sp³-hybridized carbons (Fsp3) is 1.00. The maximum Gasteiger partial charge on any atom is 0.00925 e. The van der Waals surface area contributed by atoms with E-state index in [1.807, 2.05) is 0 Å². The van der Waals surface area contributed by atoms with E-state index in [-0.39, 0.29) is 0 Å². The van der Waals surface area contributed by atoms with E-state index in [4.69, 9.17) is 5.73 Å². The average molecular weight is 254 g/mol. The van der Waals surface area contributed by atoms with Crippen LogP contribution in [0, 0.1) is 17.8 Å². The summed E-state index contributed by atoms with van der Waals surface area (Å²) in [6.45, 7) is 8.97. The minimum atomic E-state index is 0.680. The molecule has 0 radical (unpaired) electrons. The van der Waals surface area contributed by atoms with Crippen LogP contribution < -0.4 is 5.73 Å². The smallest absolute Gasteiger partial charge is 0.00925 e. The van der Waals surface area contributed by atoms with Gasteiger partial charge in [0.2, 0.25) is 0 Å². The number of rotatable bonds is 7. The summed E-state index contributed by atoms with van der Waals surface area (Å²) in [6, 6.07) is 0.814. The van der Waals surface area contributed by atoms with E-state index in [0.717, 1.165) is 24.4 Å². The molecule has 2 nitrogen and oxygen atoms in total. The van der Waals surface area contributed by atoms with Crippen LogP contribution in [0.1, 0.15) is 59.3 Å². The van der Waals surface area contributed by atoms with Gasteiger partial charge in [0.1, 0.15) is 0 Å². The van der Waals surface area contributed by atoms with E-state index >= 15 is 0 Å². The first kappa shape index (κ1) is 16.0. The summed E-state index contributed by atoms with van der Waals surface area (Å²) in [5.74, 6) is 2.44. The first-order valence-electron chi connectivity index (χ1n) is 7.97. The Morgan fingerprint density at radius 2 is 1.78 bits per heavy atom. The molecule has 1 saturated carbocycles. The molecule has 0 spiro atoms. The molecule has 0 aliphatic heterocycles. The minimum absolute atomic E-state index is 0.680. The lowest BCUT2D eigenvalue weighted by atomic mass is 9.83. The van der Waals surface area contributed by atoms with Crippen molar-refractivity contribution < 1.29 is 0 Å². The monoisotopic (exact) mass is 254 g/mol. The van der Waals surface area contributed by atoms with Gasteiger partial charge in [0.15, 0.2) is 0 Å². The van der Waals surface area contributed by atoms with E-state index in [9.17, 15) is 0 Å². The highest BCUT2D eigenvalue weighted by molar-refractivity contribution is 4.79. The van der Waals surface area contributed by atoms with Crippen LogP contribution in [0.25, 0.3) is 0 Å². The van der Waals surface area contributed by atoms with Crippen molar-refractivity contribution in [2.45, 2.75) is 65.3 Å². The van der Waals surface area contributed by atoms with Crippen LogP contribution in [0.4, 0.5) is 0 Å². The van der Waals surface area contributed by atoms with E-state index < -0.39 is 0 Å². The molecule has 18 heavy (non-hydrogen) atoms. The Morgan fingerprint density at radius 1 is 1.17 bits per heavy atom. The van der Waals surface area contributed by atoms with Crippen molar-refractivity contribution in [3.63, 3.8) is 0 Å². The van der Waals surface area contributed by atoms with Crippen LogP contribution in [0.3, 0.4) is 0 Å². The third-order valence-corrected chi connectivity index (χ3v) is 4.70. The molecular weight excluding hydrogens is 220 g/mol. The largest absolute Gasteiger partial charge is 0.330 e. The Labute approximate surface area is 114 Å². The highest BCUT2D eigenvalue weighted by atomic mass is 15.1. The molecule has 1 aliphatic carbocycles. The zero-order chi connectivity index (χ0) is 13.5. The third kappa shape index (κ3) is 5.27. The lowest BCUT2D eigenvalue weighted by Gasteiger charge is -2.36. The van der Waals surface area contributed by atoms with Crippen LogP contribution in [-0.4, -0.2) is 31.1 Å². The maximum absolute atomic E-state index is 5.92. The van der Waals surface area contributed by atoms with Gasteiger partial charge in [-0.05, 0) is 63.5 Å². The van der Waals surface area contributed by atoms with Crippen molar-refractivity contribution in [3.05, 3.63) is 0 Å². The first-order chi connectivity index (χ1) is 8.56. The molecule has 0 aromatic carbocycles. The Balaban J connectivity index is 2.33. The molecule has 0 amide bonds. The average Bonchev–Trinajstić information content (AvgIpc) is 2.37. The van der Waals surface area contributed by atoms with Crippen molar-refractivity contribution in [1.29, 1.82) is 0 Å².